The molecule has 0 unspecified atom stereocenters. The molecule has 1 aliphatic carbocycles. The third-order valence-corrected chi connectivity index (χ3v) is 5.10. The SMILES string of the molecule is c1ccc(C2COC3(OC2)c2ccccc2-c2ccccc23)cc1. The van der Waals surface area contributed by atoms with Crippen LogP contribution in [0.2, 0.25) is 0 Å². The summed E-state index contributed by atoms with van der Waals surface area (Å²) in [6.07, 6.45) is 0. The zero-order chi connectivity index (χ0) is 16.0. The molecule has 0 amide bonds. The van der Waals surface area contributed by atoms with Crippen LogP contribution in [0.1, 0.15) is 22.6 Å². The number of hydrogen-bond acceptors (Lipinski definition) is 2. The molecule has 24 heavy (non-hydrogen) atoms. The van der Waals surface area contributed by atoms with Gasteiger partial charge in [0.25, 0.3) is 0 Å². The average molecular weight is 314 g/mol. The quantitative estimate of drug-likeness (QED) is 0.648. The van der Waals surface area contributed by atoms with Gasteiger partial charge in [-0.1, -0.05) is 78.9 Å². The van der Waals surface area contributed by atoms with Gasteiger partial charge in [-0.15, -0.1) is 0 Å². The maximum atomic E-state index is 6.42. The van der Waals surface area contributed by atoms with Crippen LogP contribution in [0.5, 0.6) is 0 Å². The third-order valence-electron chi connectivity index (χ3n) is 5.10. The Morgan fingerprint density at radius 1 is 0.625 bits per heavy atom. The molecule has 3 aromatic carbocycles. The van der Waals surface area contributed by atoms with Crippen LogP contribution in [0.15, 0.2) is 78.9 Å². The van der Waals surface area contributed by atoms with E-state index >= 15 is 0 Å². The lowest BCUT2D eigenvalue weighted by atomic mass is 9.97. The molecular weight excluding hydrogens is 296 g/mol. The van der Waals surface area contributed by atoms with E-state index in [2.05, 4.69) is 72.8 Å². The van der Waals surface area contributed by atoms with Crippen molar-refractivity contribution in [3.05, 3.63) is 95.6 Å². The van der Waals surface area contributed by atoms with E-state index in [0.717, 1.165) is 11.1 Å². The Morgan fingerprint density at radius 3 is 1.71 bits per heavy atom. The Labute approximate surface area is 141 Å². The van der Waals surface area contributed by atoms with Crippen molar-refractivity contribution >= 4 is 0 Å². The van der Waals surface area contributed by atoms with Gasteiger partial charge in [-0.3, -0.25) is 0 Å². The fourth-order valence-electron chi connectivity index (χ4n) is 3.91. The van der Waals surface area contributed by atoms with Crippen LogP contribution >= 0.6 is 0 Å². The first-order valence-corrected chi connectivity index (χ1v) is 8.41. The molecule has 3 aromatic rings. The molecule has 2 nitrogen and oxygen atoms in total. The number of fused-ring (bicyclic) bond motifs is 5. The fourth-order valence-corrected chi connectivity index (χ4v) is 3.91. The van der Waals surface area contributed by atoms with Crippen molar-refractivity contribution in [2.45, 2.75) is 11.7 Å². The number of rotatable bonds is 1. The minimum absolute atomic E-state index is 0.275. The Kier molecular flexibility index (Phi) is 3.09. The van der Waals surface area contributed by atoms with Crippen LogP contribution in [0.4, 0.5) is 0 Å². The van der Waals surface area contributed by atoms with Crippen LogP contribution < -0.4 is 0 Å². The van der Waals surface area contributed by atoms with Crippen molar-refractivity contribution in [3.8, 4) is 11.1 Å². The van der Waals surface area contributed by atoms with E-state index in [4.69, 9.17) is 9.47 Å². The second kappa shape index (κ2) is 5.30. The van der Waals surface area contributed by atoms with Gasteiger partial charge in [0.1, 0.15) is 0 Å². The summed E-state index contributed by atoms with van der Waals surface area (Å²) in [5, 5.41) is 0. The summed E-state index contributed by atoms with van der Waals surface area (Å²) in [5.74, 6) is -0.477. The monoisotopic (exact) mass is 314 g/mol. The van der Waals surface area contributed by atoms with E-state index in [9.17, 15) is 0 Å². The molecule has 5 rings (SSSR count). The van der Waals surface area contributed by atoms with E-state index < -0.39 is 5.79 Å². The first kappa shape index (κ1) is 14.0. The predicted molar refractivity (Wildman–Crippen MR) is 93.7 cm³/mol. The van der Waals surface area contributed by atoms with Gasteiger partial charge in [0.2, 0.25) is 5.79 Å². The summed E-state index contributed by atoms with van der Waals surface area (Å²) in [4.78, 5) is 0. The molecule has 0 saturated carbocycles. The van der Waals surface area contributed by atoms with Gasteiger partial charge in [-0.25, -0.2) is 0 Å². The van der Waals surface area contributed by atoms with Gasteiger partial charge < -0.3 is 9.47 Å². The van der Waals surface area contributed by atoms with Gasteiger partial charge >= 0.3 is 0 Å². The van der Waals surface area contributed by atoms with Crippen LogP contribution in [-0.2, 0) is 15.3 Å². The second-order valence-electron chi connectivity index (χ2n) is 6.44. The van der Waals surface area contributed by atoms with Gasteiger partial charge in [0, 0.05) is 17.0 Å². The maximum absolute atomic E-state index is 6.42. The molecule has 1 fully saturated rings. The van der Waals surface area contributed by atoms with E-state index in [1.165, 1.54) is 16.7 Å². The first-order valence-electron chi connectivity index (χ1n) is 8.41. The molecule has 0 aromatic heterocycles. The summed E-state index contributed by atoms with van der Waals surface area (Å²) >= 11 is 0. The highest BCUT2D eigenvalue weighted by atomic mass is 16.7. The standard InChI is InChI=1S/C22H18O2/c1-2-8-16(9-3-1)17-14-23-22(24-15-17)20-12-6-4-10-18(20)19-11-5-7-13-21(19)22/h1-13,17H,14-15H2. The minimum atomic E-state index is -0.752. The normalized spacial score (nSPS) is 18.3. The minimum Gasteiger partial charge on any atom is -0.341 e. The highest BCUT2D eigenvalue weighted by Gasteiger charge is 2.48. The molecule has 1 aliphatic heterocycles. The van der Waals surface area contributed by atoms with E-state index in [-0.39, 0.29) is 5.92 Å². The third kappa shape index (κ3) is 1.90. The van der Waals surface area contributed by atoms with Crippen LogP contribution in [0.25, 0.3) is 11.1 Å². The van der Waals surface area contributed by atoms with Crippen molar-refractivity contribution in [1.29, 1.82) is 0 Å². The Hall–Kier alpha value is -2.42. The van der Waals surface area contributed by atoms with Gasteiger partial charge in [-0.2, -0.15) is 0 Å². The van der Waals surface area contributed by atoms with Crippen molar-refractivity contribution in [1.82, 2.24) is 0 Å². The fraction of sp³-hybridized carbons (Fsp3) is 0.182. The molecule has 0 N–H and O–H groups in total. The lowest BCUT2D eigenvalue weighted by molar-refractivity contribution is -0.254. The summed E-state index contributed by atoms with van der Waals surface area (Å²) in [5.41, 5.74) is 5.94. The number of ether oxygens (including phenoxy) is 2. The average Bonchev–Trinajstić information content (AvgIpc) is 2.94. The molecular formula is C22H18O2. The van der Waals surface area contributed by atoms with Gasteiger partial charge in [0.15, 0.2) is 0 Å². The lowest BCUT2D eigenvalue weighted by Gasteiger charge is -2.39. The molecule has 0 radical (unpaired) electrons. The van der Waals surface area contributed by atoms with E-state index in [1.807, 2.05) is 6.07 Å². The molecule has 2 heteroatoms. The molecule has 0 bridgehead atoms. The van der Waals surface area contributed by atoms with E-state index in [0.29, 0.717) is 13.2 Å². The van der Waals surface area contributed by atoms with Crippen molar-refractivity contribution in [2.75, 3.05) is 13.2 Å². The Bertz CT molecular complexity index is 830. The lowest BCUT2D eigenvalue weighted by Crippen LogP contribution is -2.40. The maximum Gasteiger partial charge on any atom is 0.223 e. The zero-order valence-electron chi connectivity index (χ0n) is 13.3. The second-order valence-corrected chi connectivity index (χ2v) is 6.44. The molecule has 2 aliphatic rings. The highest BCUT2D eigenvalue weighted by molar-refractivity contribution is 5.79. The molecule has 0 atom stereocenters. The first-order chi connectivity index (χ1) is 11.9. The van der Waals surface area contributed by atoms with Crippen molar-refractivity contribution in [2.24, 2.45) is 0 Å². The van der Waals surface area contributed by atoms with E-state index in [1.54, 1.807) is 0 Å². The Morgan fingerprint density at radius 2 is 1.12 bits per heavy atom. The van der Waals surface area contributed by atoms with Gasteiger partial charge in [-0.05, 0) is 16.7 Å². The van der Waals surface area contributed by atoms with Crippen LogP contribution in [0.3, 0.4) is 0 Å². The summed E-state index contributed by atoms with van der Waals surface area (Å²) in [6, 6.07) is 27.3. The van der Waals surface area contributed by atoms with Crippen LogP contribution in [0, 0.1) is 0 Å². The smallest absolute Gasteiger partial charge is 0.223 e. The number of benzene rings is 3. The number of hydrogen-bond donors (Lipinski definition) is 0. The van der Waals surface area contributed by atoms with Gasteiger partial charge in [0.05, 0.1) is 13.2 Å². The topological polar surface area (TPSA) is 18.5 Å². The highest BCUT2D eigenvalue weighted by Crippen LogP contribution is 2.52. The molecule has 1 saturated heterocycles. The Balaban J connectivity index is 1.55. The molecule has 1 heterocycles. The zero-order valence-corrected chi connectivity index (χ0v) is 13.3. The summed E-state index contributed by atoms with van der Waals surface area (Å²) < 4.78 is 12.8. The summed E-state index contributed by atoms with van der Waals surface area (Å²) in [6.45, 7) is 1.32. The van der Waals surface area contributed by atoms with Crippen molar-refractivity contribution in [3.63, 3.8) is 0 Å². The molecule has 118 valence electrons. The van der Waals surface area contributed by atoms with Crippen molar-refractivity contribution < 1.29 is 9.47 Å². The summed E-state index contributed by atoms with van der Waals surface area (Å²) in [7, 11) is 0. The molecule has 1 spiro atoms. The predicted octanol–water partition coefficient (Wildman–Crippen LogP) is 4.70. The van der Waals surface area contributed by atoms with Crippen LogP contribution in [-0.4, -0.2) is 13.2 Å². The largest absolute Gasteiger partial charge is 0.341 e.